The Morgan fingerprint density at radius 2 is 2.30 bits per heavy atom. The lowest BCUT2D eigenvalue weighted by atomic mass is 9.91. The summed E-state index contributed by atoms with van der Waals surface area (Å²) in [7, 11) is 0. The number of aromatic amines is 1. The molecule has 122 valence electrons. The van der Waals surface area contributed by atoms with Gasteiger partial charge in [0.05, 0.1) is 23.2 Å². The smallest absolute Gasteiger partial charge is 0.248 e. The molecule has 1 atom stereocenters. The van der Waals surface area contributed by atoms with Gasteiger partial charge < -0.3 is 10.3 Å². The first-order valence-corrected chi connectivity index (χ1v) is 8.86. The number of fused-ring (bicyclic) bond motifs is 1. The molecule has 0 aromatic carbocycles. The summed E-state index contributed by atoms with van der Waals surface area (Å²) in [5.74, 6) is 0.369. The fourth-order valence-electron chi connectivity index (χ4n) is 2.93. The summed E-state index contributed by atoms with van der Waals surface area (Å²) in [5, 5.41) is 6.11. The highest BCUT2D eigenvalue weighted by atomic mass is 32.1. The van der Waals surface area contributed by atoms with Gasteiger partial charge in [0, 0.05) is 23.1 Å². The van der Waals surface area contributed by atoms with E-state index >= 15 is 0 Å². The van der Waals surface area contributed by atoms with Gasteiger partial charge in [0.15, 0.2) is 0 Å². The van der Waals surface area contributed by atoms with E-state index in [-0.39, 0.29) is 17.5 Å². The van der Waals surface area contributed by atoms with Crippen LogP contribution in [0.4, 0.5) is 0 Å². The Morgan fingerprint density at radius 1 is 1.48 bits per heavy atom. The van der Waals surface area contributed by atoms with Crippen LogP contribution in [-0.4, -0.2) is 15.9 Å². The van der Waals surface area contributed by atoms with Crippen molar-refractivity contribution in [3.05, 3.63) is 49.8 Å². The van der Waals surface area contributed by atoms with E-state index in [0.29, 0.717) is 12.3 Å². The molecule has 0 spiro atoms. The van der Waals surface area contributed by atoms with E-state index in [1.165, 1.54) is 6.07 Å². The summed E-state index contributed by atoms with van der Waals surface area (Å²) in [6, 6.07) is 3.34. The minimum Gasteiger partial charge on any atom is -0.349 e. The predicted molar refractivity (Wildman–Crippen MR) is 90.8 cm³/mol. The van der Waals surface area contributed by atoms with Gasteiger partial charge in [-0.3, -0.25) is 9.59 Å². The highest BCUT2D eigenvalue weighted by Crippen LogP contribution is 2.27. The van der Waals surface area contributed by atoms with Gasteiger partial charge in [-0.05, 0) is 30.9 Å². The van der Waals surface area contributed by atoms with Crippen molar-refractivity contribution in [2.75, 3.05) is 0 Å². The van der Waals surface area contributed by atoms with Crippen molar-refractivity contribution < 1.29 is 4.79 Å². The number of carbonyl (C=O) groups is 1. The first-order chi connectivity index (χ1) is 11.0. The molecule has 3 rings (SSSR count). The number of nitrogens with one attached hydrogen (secondary N) is 2. The highest BCUT2D eigenvalue weighted by Gasteiger charge is 2.22. The Labute approximate surface area is 139 Å². The summed E-state index contributed by atoms with van der Waals surface area (Å²) in [5.41, 5.74) is 2.73. The third-order valence-electron chi connectivity index (χ3n) is 4.07. The van der Waals surface area contributed by atoms with E-state index in [1.54, 1.807) is 11.3 Å². The van der Waals surface area contributed by atoms with Gasteiger partial charge in [-0.1, -0.05) is 13.8 Å². The molecule has 0 radical (unpaired) electrons. The van der Waals surface area contributed by atoms with E-state index in [2.05, 4.69) is 29.1 Å². The van der Waals surface area contributed by atoms with Crippen LogP contribution in [0.3, 0.4) is 0 Å². The Hall–Kier alpha value is -1.95. The molecular formula is C17H21N3O2S. The number of H-pyrrole nitrogens is 1. The minimum absolute atomic E-state index is 0.0188. The van der Waals surface area contributed by atoms with Crippen LogP contribution in [0.1, 0.15) is 60.6 Å². The second kappa shape index (κ2) is 6.66. The summed E-state index contributed by atoms with van der Waals surface area (Å²) >= 11 is 1.61. The molecule has 6 heteroatoms. The maximum absolute atomic E-state index is 12.3. The number of hydrogen-bond donors (Lipinski definition) is 2. The molecular weight excluding hydrogens is 310 g/mol. The van der Waals surface area contributed by atoms with Gasteiger partial charge in [-0.2, -0.15) is 0 Å². The third kappa shape index (κ3) is 3.69. The third-order valence-corrected chi connectivity index (χ3v) is 5.27. The summed E-state index contributed by atoms with van der Waals surface area (Å²) in [6.07, 6.45) is 3.03. The molecule has 0 saturated carbocycles. The quantitative estimate of drug-likeness (QED) is 0.904. The summed E-state index contributed by atoms with van der Waals surface area (Å²) in [4.78, 5) is 31.1. The fourth-order valence-corrected chi connectivity index (χ4v) is 3.76. The number of hydrogen-bond acceptors (Lipinski definition) is 4. The van der Waals surface area contributed by atoms with E-state index in [9.17, 15) is 9.59 Å². The molecule has 0 aliphatic heterocycles. The molecule has 2 aromatic heterocycles. The first kappa shape index (κ1) is 15.9. The van der Waals surface area contributed by atoms with E-state index < -0.39 is 0 Å². The highest BCUT2D eigenvalue weighted by molar-refractivity contribution is 7.09. The number of amides is 1. The van der Waals surface area contributed by atoms with Gasteiger partial charge >= 0.3 is 0 Å². The number of aromatic nitrogens is 2. The molecule has 2 aromatic rings. The Morgan fingerprint density at radius 3 is 3.04 bits per heavy atom. The largest absolute Gasteiger partial charge is 0.349 e. The summed E-state index contributed by atoms with van der Waals surface area (Å²) in [6.45, 7) is 4.20. The summed E-state index contributed by atoms with van der Waals surface area (Å²) < 4.78 is 0. The van der Waals surface area contributed by atoms with Crippen molar-refractivity contribution in [1.82, 2.24) is 15.3 Å². The number of thiazole rings is 1. The number of rotatable bonds is 4. The molecule has 0 fully saturated rings. The van der Waals surface area contributed by atoms with Crippen molar-refractivity contribution in [2.45, 2.75) is 51.5 Å². The predicted octanol–water partition coefficient (Wildman–Crippen LogP) is 2.69. The van der Waals surface area contributed by atoms with Crippen molar-refractivity contribution >= 4 is 17.2 Å². The maximum Gasteiger partial charge on any atom is 0.248 e. The minimum atomic E-state index is -0.0839. The molecule has 0 saturated heterocycles. The van der Waals surface area contributed by atoms with Gasteiger partial charge in [-0.15, -0.1) is 11.3 Å². The molecule has 2 N–H and O–H groups in total. The number of nitrogens with zero attached hydrogens (tertiary/aromatic N) is 1. The maximum atomic E-state index is 12.3. The molecule has 5 nitrogen and oxygen atoms in total. The van der Waals surface area contributed by atoms with Crippen LogP contribution >= 0.6 is 11.3 Å². The normalized spacial score (nSPS) is 17.1. The second-order valence-corrected chi connectivity index (χ2v) is 7.17. The fraction of sp³-hybridized carbons (Fsp3) is 0.471. The molecule has 0 bridgehead atoms. The lowest BCUT2D eigenvalue weighted by Crippen LogP contribution is -2.33. The number of aryl methyl sites for hydroxylation is 1. The lowest BCUT2D eigenvalue weighted by molar-refractivity contribution is -0.121. The average molecular weight is 331 g/mol. The van der Waals surface area contributed by atoms with Crippen LogP contribution in [0, 0.1) is 0 Å². The van der Waals surface area contributed by atoms with Crippen LogP contribution in [0.5, 0.6) is 0 Å². The zero-order valence-electron chi connectivity index (χ0n) is 13.4. The zero-order chi connectivity index (χ0) is 16.4. The Balaban J connectivity index is 1.68. The standard InChI is InChI=1S/C17H21N3O2S/c1-10(2)17-18-11(9-23-17)8-16(22)20-14-5-3-4-13-12(14)6-7-15(21)19-13/h6-7,9-10,14H,3-5,8H2,1-2H3,(H,19,21)(H,20,22)/t14-/m0/s1. The van der Waals surface area contributed by atoms with Gasteiger partial charge in [-0.25, -0.2) is 4.98 Å². The molecule has 2 heterocycles. The van der Waals surface area contributed by atoms with E-state index in [0.717, 1.165) is 41.2 Å². The van der Waals surface area contributed by atoms with Gasteiger partial charge in [0.25, 0.3) is 0 Å². The van der Waals surface area contributed by atoms with Crippen LogP contribution in [0.2, 0.25) is 0 Å². The van der Waals surface area contributed by atoms with Crippen molar-refractivity contribution in [2.24, 2.45) is 0 Å². The molecule has 23 heavy (non-hydrogen) atoms. The van der Waals surface area contributed by atoms with E-state index in [1.807, 2.05) is 11.4 Å². The average Bonchev–Trinajstić information content (AvgIpc) is 2.95. The van der Waals surface area contributed by atoms with Crippen LogP contribution < -0.4 is 10.9 Å². The molecule has 1 aliphatic rings. The van der Waals surface area contributed by atoms with E-state index in [4.69, 9.17) is 0 Å². The van der Waals surface area contributed by atoms with Crippen LogP contribution in [-0.2, 0) is 17.6 Å². The lowest BCUT2D eigenvalue weighted by Gasteiger charge is -2.25. The van der Waals surface area contributed by atoms with Crippen LogP contribution in [0.25, 0.3) is 0 Å². The Kier molecular flexibility index (Phi) is 4.61. The number of pyridine rings is 1. The van der Waals surface area contributed by atoms with Crippen molar-refractivity contribution in [3.63, 3.8) is 0 Å². The second-order valence-electron chi connectivity index (χ2n) is 6.28. The SMILES string of the molecule is CC(C)c1nc(CC(=O)N[C@H]2CCCc3[nH]c(=O)ccc32)cs1. The van der Waals surface area contributed by atoms with Crippen molar-refractivity contribution in [1.29, 1.82) is 0 Å². The number of carbonyl (C=O) groups excluding carboxylic acids is 1. The van der Waals surface area contributed by atoms with Gasteiger partial charge in [0.2, 0.25) is 11.5 Å². The molecule has 1 amide bonds. The molecule has 0 unspecified atom stereocenters. The van der Waals surface area contributed by atoms with Gasteiger partial charge in [0.1, 0.15) is 0 Å². The topological polar surface area (TPSA) is 74.8 Å². The van der Waals surface area contributed by atoms with Crippen LogP contribution in [0.15, 0.2) is 22.3 Å². The Bertz CT molecular complexity index is 763. The molecule has 1 aliphatic carbocycles. The first-order valence-electron chi connectivity index (χ1n) is 7.98. The zero-order valence-corrected chi connectivity index (χ0v) is 14.2. The monoisotopic (exact) mass is 331 g/mol. The van der Waals surface area contributed by atoms with Crippen molar-refractivity contribution in [3.8, 4) is 0 Å².